The monoisotopic (exact) mass is 438 g/mol. The first kappa shape index (κ1) is 24.9. The smallest absolute Gasteiger partial charge is 0.123 e. The zero-order valence-electron chi connectivity index (χ0n) is 15.8. The van der Waals surface area contributed by atoms with Crippen LogP contribution in [-0.4, -0.2) is 23.1 Å². The normalized spacial score (nSPS) is 14.3. The highest BCUT2D eigenvalue weighted by Gasteiger charge is 2.18. The Hall–Kier alpha value is -2.18. The summed E-state index contributed by atoms with van der Waals surface area (Å²) < 4.78 is 19.1. The molecule has 1 aliphatic heterocycles. The third-order valence-corrected chi connectivity index (χ3v) is 4.68. The molecule has 1 unspecified atom stereocenters. The summed E-state index contributed by atoms with van der Waals surface area (Å²) in [5.74, 6) is 0.777. The molecule has 2 aromatic carbocycles. The zero-order chi connectivity index (χ0) is 17.8. The Labute approximate surface area is 182 Å². The van der Waals surface area contributed by atoms with Gasteiger partial charge in [0.05, 0.1) is 0 Å². The standard InChI is InChI=1S/C22H21FN2O.2ClH.H2O/c23-20-8-5-17(6-9-20)19-11-16(12-24-14-19)13-25-15-21-10-7-18-3-1-2-4-22(18)26-21;;;/h1-6,8-9,11-12,14,21,25H,7,10,13,15H2;2*1H;1H2. The first-order chi connectivity index (χ1) is 12.8. The summed E-state index contributed by atoms with van der Waals surface area (Å²) in [7, 11) is 0. The molecule has 0 saturated carbocycles. The van der Waals surface area contributed by atoms with Crippen molar-refractivity contribution in [2.24, 2.45) is 0 Å². The largest absolute Gasteiger partial charge is 0.489 e. The van der Waals surface area contributed by atoms with E-state index in [-0.39, 0.29) is 42.2 Å². The van der Waals surface area contributed by atoms with E-state index in [9.17, 15) is 4.39 Å². The summed E-state index contributed by atoms with van der Waals surface area (Å²) in [4.78, 5) is 4.31. The number of fused-ring (bicyclic) bond motifs is 1. The van der Waals surface area contributed by atoms with Crippen molar-refractivity contribution in [2.45, 2.75) is 25.5 Å². The van der Waals surface area contributed by atoms with Crippen LogP contribution in [0.15, 0.2) is 67.0 Å². The zero-order valence-corrected chi connectivity index (χ0v) is 17.4. The molecule has 1 aliphatic rings. The van der Waals surface area contributed by atoms with Crippen LogP contribution in [0.5, 0.6) is 5.75 Å². The molecular weight excluding hydrogens is 414 g/mol. The number of hydrogen-bond acceptors (Lipinski definition) is 3. The minimum Gasteiger partial charge on any atom is -0.489 e. The molecule has 4 nitrogen and oxygen atoms in total. The third-order valence-electron chi connectivity index (χ3n) is 4.68. The fourth-order valence-electron chi connectivity index (χ4n) is 3.29. The van der Waals surface area contributed by atoms with Crippen LogP contribution in [0.1, 0.15) is 17.5 Å². The lowest BCUT2D eigenvalue weighted by Crippen LogP contribution is -2.33. The van der Waals surface area contributed by atoms with Crippen molar-refractivity contribution in [3.63, 3.8) is 0 Å². The molecule has 0 aliphatic carbocycles. The van der Waals surface area contributed by atoms with Crippen LogP contribution >= 0.6 is 24.8 Å². The van der Waals surface area contributed by atoms with E-state index in [1.165, 1.54) is 17.7 Å². The van der Waals surface area contributed by atoms with E-state index in [0.29, 0.717) is 0 Å². The van der Waals surface area contributed by atoms with Gasteiger partial charge in [0.2, 0.25) is 0 Å². The highest BCUT2D eigenvalue weighted by molar-refractivity contribution is 5.85. The summed E-state index contributed by atoms with van der Waals surface area (Å²) >= 11 is 0. The van der Waals surface area contributed by atoms with Crippen molar-refractivity contribution in [1.29, 1.82) is 0 Å². The van der Waals surface area contributed by atoms with Gasteiger partial charge in [-0.05, 0) is 53.8 Å². The Balaban J connectivity index is 0.00000140. The minimum absolute atomic E-state index is 0. The van der Waals surface area contributed by atoms with Gasteiger partial charge in [0.15, 0.2) is 0 Å². The van der Waals surface area contributed by atoms with Crippen molar-refractivity contribution in [2.75, 3.05) is 6.54 Å². The highest BCUT2D eigenvalue weighted by atomic mass is 35.5. The molecule has 3 aromatic rings. The maximum Gasteiger partial charge on any atom is 0.123 e. The molecule has 1 aromatic heterocycles. The van der Waals surface area contributed by atoms with Crippen LogP contribution in [0.2, 0.25) is 0 Å². The van der Waals surface area contributed by atoms with Crippen LogP contribution in [0.3, 0.4) is 0 Å². The molecule has 0 amide bonds. The Morgan fingerprint density at radius 1 is 1.00 bits per heavy atom. The second-order valence-corrected chi connectivity index (χ2v) is 6.61. The van der Waals surface area contributed by atoms with Crippen molar-refractivity contribution < 1.29 is 14.6 Å². The molecule has 1 atom stereocenters. The van der Waals surface area contributed by atoms with Crippen molar-refractivity contribution in [1.82, 2.24) is 10.3 Å². The Bertz CT molecular complexity index is 894. The third kappa shape index (κ3) is 6.41. The van der Waals surface area contributed by atoms with Gasteiger partial charge >= 0.3 is 0 Å². The lowest BCUT2D eigenvalue weighted by atomic mass is 10.0. The quantitative estimate of drug-likeness (QED) is 0.642. The SMILES string of the molecule is Cl.Cl.Fc1ccc(-c2cncc(CNCC3CCc4ccccc4O3)c2)cc1.O. The van der Waals surface area contributed by atoms with Gasteiger partial charge in [-0.1, -0.05) is 30.3 Å². The van der Waals surface area contributed by atoms with Gasteiger partial charge < -0.3 is 15.5 Å². The summed E-state index contributed by atoms with van der Waals surface area (Å²) in [5, 5.41) is 3.47. The van der Waals surface area contributed by atoms with E-state index >= 15 is 0 Å². The molecule has 3 N–H and O–H groups in total. The van der Waals surface area contributed by atoms with Crippen LogP contribution in [0.4, 0.5) is 4.39 Å². The molecule has 29 heavy (non-hydrogen) atoms. The molecule has 2 heterocycles. The maximum absolute atomic E-state index is 13.1. The molecular formula is C22H25Cl2FN2O2. The van der Waals surface area contributed by atoms with Gasteiger partial charge in [0.1, 0.15) is 17.7 Å². The predicted octanol–water partition coefficient (Wildman–Crippen LogP) is 4.39. The second-order valence-electron chi connectivity index (χ2n) is 6.61. The van der Waals surface area contributed by atoms with E-state index in [1.807, 2.05) is 18.3 Å². The maximum atomic E-state index is 13.1. The fraction of sp³-hybridized carbons (Fsp3) is 0.227. The number of rotatable bonds is 5. The topological polar surface area (TPSA) is 65.7 Å². The highest BCUT2D eigenvalue weighted by Crippen LogP contribution is 2.26. The van der Waals surface area contributed by atoms with Crippen LogP contribution in [0.25, 0.3) is 11.1 Å². The van der Waals surface area contributed by atoms with E-state index in [1.54, 1.807) is 18.3 Å². The summed E-state index contributed by atoms with van der Waals surface area (Å²) in [5.41, 5.74) is 4.35. The first-order valence-corrected chi connectivity index (χ1v) is 8.93. The Morgan fingerprint density at radius 3 is 2.55 bits per heavy atom. The molecule has 0 spiro atoms. The number of pyridine rings is 1. The van der Waals surface area contributed by atoms with E-state index in [0.717, 1.165) is 48.4 Å². The first-order valence-electron chi connectivity index (χ1n) is 8.93. The van der Waals surface area contributed by atoms with Gasteiger partial charge in [-0.2, -0.15) is 0 Å². The predicted molar refractivity (Wildman–Crippen MR) is 119 cm³/mol. The number of halogens is 3. The fourth-order valence-corrected chi connectivity index (χ4v) is 3.29. The number of nitrogens with one attached hydrogen (secondary N) is 1. The van der Waals surface area contributed by atoms with Gasteiger partial charge in [-0.3, -0.25) is 4.98 Å². The number of hydrogen-bond donors (Lipinski definition) is 1. The van der Waals surface area contributed by atoms with Crippen molar-refractivity contribution in [3.8, 4) is 16.9 Å². The Morgan fingerprint density at radius 2 is 1.76 bits per heavy atom. The minimum atomic E-state index is -0.228. The number of nitrogens with zero attached hydrogens (tertiary/aromatic N) is 1. The van der Waals surface area contributed by atoms with Crippen LogP contribution in [0, 0.1) is 5.82 Å². The van der Waals surface area contributed by atoms with Crippen molar-refractivity contribution in [3.05, 3.63) is 83.9 Å². The Kier molecular flexibility index (Phi) is 10.1. The molecule has 0 saturated heterocycles. The number of aryl methyl sites for hydroxylation is 1. The number of para-hydroxylation sites is 1. The average Bonchev–Trinajstić information content (AvgIpc) is 2.69. The summed E-state index contributed by atoms with van der Waals surface area (Å²) in [6.45, 7) is 1.53. The number of aromatic nitrogens is 1. The molecule has 4 rings (SSSR count). The average molecular weight is 439 g/mol. The number of ether oxygens (including phenoxy) is 1. The molecule has 156 valence electrons. The van der Waals surface area contributed by atoms with Gasteiger partial charge in [-0.15, -0.1) is 24.8 Å². The molecule has 7 heteroatoms. The van der Waals surface area contributed by atoms with Gasteiger partial charge in [0, 0.05) is 31.0 Å². The summed E-state index contributed by atoms with van der Waals surface area (Å²) in [6.07, 6.45) is 5.94. The van der Waals surface area contributed by atoms with E-state index in [4.69, 9.17) is 4.74 Å². The number of benzene rings is 2. The summed E-state index contributed by atoms with van der Waals surface area (Å²) in [6, 6.07) is 16.8. The second kappa shape index (κ2) is 11.7. The van der Waals surface area contributed by atoms with Gasteiger partial charge in [-0.25, -0.2) is 4.39 Å². The van der Waals surface area contributed by atoms with E-state index in [2.05, 4.69) is 28.5 Å². The van der Waals surface area contributed by atoms with E-state index < -0.39 is 0 Å². The lowest BCUT2D eigenvalue weighted by molar-refractivity contribution is 0.170. The molecule has 0 radical (unpaired) electrons. The molecule has 0 bridgehead atoms. The van der Waals surface area contributed by atoms with Crippen molar-refractivity contribution >= 4 is 24.8 Å². The molecule has 0 fully saturated rings. The van der Waals surface area contributed by atoms with Crippen LogP contribution in [-0.2, 0) is 13.0 Å². The van der Waals surface area contributed by atoms with Crippen LogP contribution < -0.4 is 10.1 Å². The van der Waals surface area contributed by atoms with Gasteiger partial charge in [0.25, 0.3) is 0 Å². The lowest BCUT2D eigenvalue weighted by Gasteiger charge is -2.26.